The van der Waals surface area contributed by atoms with Gasteiger partial charge in [0.05, 0.1) is 14.2 Å². The lowest BCUT2D eigenvalue weighted by molar-refractivity contribution is -0.146. The summed E-state index contributed by atoms with van der Waals surface area (Å²) >= 11 is 0. The number of ether oxygens (including phenoxy) is 2. The molecule has 1 amide bonds. The van der Waals surface area contributed by atoms with Crippen molar-refractivity contribution < 1.29 is 23.9 Å². The van der Waals surface area contributed by atoms with E-state index in [1.807, 2.05) is 0 Å². The summed E-state index contributed by atoms with van der Waals surface area (Å²) < 4.78 is 9.31. The fourth-order valence-electron chi connectivity index (χ4n) is 2.43. The predicted molar refractivity (Wildman–Crippen MR) is 64.4 cm³/mol. The number of carbonyl (C=O) groups is 3. The van der Waals surface area contributed by atoms with Crippen molar-refractivity contribution in [3.63, 3.8) is 0 Å². The summed E-state index contributed by atoms with van der Waals surface area (Å²) in [6, 6.07) is -1.20. The molecule has 0 saturated carbocycles. The van der Waals surface area contributed by atoms with E-state index in [1.54, 1.807) is 0 Å². The largest absolute Gasteiger partial charge is 0.467 e. The molecule has 0 aromatic heterocycles. The highest BCUT2D eigenvalue weighted by molar-refractivity contribution is 6.05. The number of esters is 2. The molecule has 0 aromatic carbocycles. The van der Waals surface area contributed by atoms with Gasteiger partial charge in [0, 0.05) is 12.8 Å². The standard InChI is InChI=1S/C12H16N2O5/c1-18-11(16)7-3-5-9(13-7)14-8(12(17)19-2)4-6-10(14)15/h7-8H,3-6H2,1-2H3/t7-,8+/m1/s1. The first-order valence-electron chi connectivity index (χ1n) is 6.13. The molecule has 0 radical (unpaired) electrons. The molecule has 0 N–H and O–H groups in total. The summed E-state index contributed by atoms with van der Waals surface area (Å²) in [7, 11) is 2.59. The fraction of sp³-hybridized carbons (Fsp3) is 0.667. The van der Waals surface area contributed by atoms with Crippen LogP contribution in [0, 0.1) is 0 Å². The lowest BCUT2D eigenvalue weighted by atomic mass is 10.2. The molecule has 7 nitrogen and oxygen atoms in total. The molecule has 2 atom stereocenters. The smallest absolute Gasteiger partial charge is 0.330 e. The van der Waals surface area contributed by atoms with Crippen LogP contribution in [0.3, 0.4) is 0 Å². The number of amidine groups is 1. The molecule has 0 aromatic rings. The van der Waals surface area contributed by atoms with Gasteiger partial charge in [0.15, 0.2) is 0 Å². The molecule has 0 bridgehead atoms. The van der Waals surface area contributed by atoms with Crippen LogP contribution in [0.25, 0.3) is 0 Å². The van der Waals surface area contributed by atoms with Crippen molar-refractivity contribution in [3.8, 4) is 0 Å². The number of likely N-dealkylation sites (tertiary alicyclic amines) is 1. The second-order valence-corrected chi connectivity index (χ2v) is 4.46. The molecule has 0 spiro atoms. The van der Waals surface area contributed by atoms with Crippen LogP contribution < -0.4 is 0 Å². The topological polar surface area (TPSA) is 85.3 Å². The van der Waals surface area contributed by atoms with E-state index in [4.69, 9.17) is 0 Å². The van der Waals surface area contributed by atoms with Gasteiger partial charge in [0.1, 0.15) is 17.9 Å². The van der Waals surface area contributed by atoms with Crippen molar-refractivity contribution in [1.82, 2.24) is 4.90 Å². The zero-order valence-electron chi connectivity index (χ0n) is 10.9. The lowest BCUT2D eigenvalue weighted by Crippen LogP contribution is -2.42. The highest BCUT2D eigenvalue weighted by Gasteiger charge is 2.41. The monoisotopic (exact) mass is 268 g/mol. The second kappa shape index (κ2) is 5.38. The Bertz CT molecular complexity index is 445. The normalized spacial score (nSPS) is 26.3. The van der Waals surface area contributed by atoms with Crippen molar-refractivity contribution in [2.75, 3.05) is 14.2 Å². The second-order valence-electron chi connectivity index (χ2n) is 4.46. The molecule has 0 aliphatic carbocycles. The van der Waals surface area contributed by atoms with Crippen LogP contribution in [0.5, 0.6) is 0 Å². The number of hydrogen-bond acceptors (Lipinski definition) is 6. The first-order chi connectivity index (χ1) is 9.08. The fourth-order valence-corrected chi connectivity index (χ4v) is 2.43. The molecular formula is C12H16N2O5. The molecule has 7 heteroatoms. The minimum atomic E-state index is -0.618. The summed E-state index contributed by atoms with van der Waals surface area (Å²) in [5.41, 5.74) is 0. The summed E-state index contributed by atoms with van der Waals surface area (Å²) in [6.07, 6.45) is 1.70. The lowest BCUT2D eigenvalue weighted by Gasteiger charge is -2.22. The summed E-state index contributed by atoms with van der Waals surface area (Å²) in [5.74, 6) is -0.542. The molecule has 2 rings (SSSR count). The number of nitrogens with zero attached hydrogens (tertiary/aromatic N) is 2. The van der Waals surface area contributed by atoms with Crippen LogP contribution in [0.2, 0.25) is 0 Å². The average Bonchev–Trinajstić information content (AvgIpc) is 3.03. The van der Waals surface area contributed by atoms with E-state index >= 15 is 0 Å². The van der Waals surface area contributed by atoms with Gasteiger partial charge in [-0.15, -0.1) is 0 Å². The Hall–Kier alpha value is -1.92. The molecule has 19 heavy (non-hydrogen) atoms. The van der Waals surface area contributed by atoms with Gasteiger partial charge in [-0.25, -0.2) is 9.59 Å². The average molecular weight is 268 g/mol. The minimum absolute atomic E-state index is 0.153. The molecule has 1 fully saturated rings. The Kier molecular flexibility index (Phi) is 3.82. The zero-order valence-corrected chi connectivity index (χ0v) is 10.9. The van der Waals surface area contributed by atoms with Gasteiger partial charge in [0.2, 0.25) is 5.91 Å². The van der Waals surface area contributed by atoms with Gasteiger partial charge in [-0.1, -0.05) is 0 Å². The third-order valence-electron chi connectivity index (χ3n) is 3.38. The van der Waals surface area contributed by atoms with Crippen LogP contribution in [0.4, 0.5) is 0 Å². The molecule has 1 saturated heterocycles. The minimum Gasteiger partial charge on any atom is -0.467 e. The highest BCUT2D eigenvalue weighted by Crippen LogP contribution is 2.26. The third-order valence-corrected chi connectivity index (χ3v) is 3.38. The maximum absolute atomic E-state index is 11.9. The number of rotatable bonds is 2. The van der Waals surface area contributed by atoms with Crippen molar-refractivity contribution in [3.05, 3.63) is 0 Å². The predicted octanol–water partition coefficient (Wildman–Crippen LogP) is -0.116. The number of hydrogen-bond donors (Lipinski definition) is 0. The van der Waals surface area contributed by atoms with E-state index < -0.39 is 24.0 Å². The summed E-state index contributed by atoms with van der Waals surface area (Å²) in [5, 5.41) is 0. The maximum Gasteiger partial charge on any atom is 0.330 e. The Labute approximate surface area is 110 Å². The highest BCUT2D eigenvalue weighted by atomic mass is 16.5. The Morgan fingerprint density at radius 3 is 2.47 bits per heavy atom. The van der Waals surface area contributed by atoms with Crippen molar-refractivity contribution >= 4 is 23.7 Å². The van der Waals surface area contributed by atoms with Crippen molar-refractivity contribution in [1.29, 1.82) is 0 Å². The summed E-state index contributed by atoms with van der Waals surface area (Å²) in [4.78, 5) is 40.5. The first-order valence-corrected chi connectivity index (χ1v) is 6.13. The zero-order chi connectivity index (χ0) is 14.0. The molecule has 104 valence electrons. The molecule has 0 unspecified atom stereocenters. The SMILES string of the molecule is COC(=O)[C@H]1CCC(N2C(=O)CC[C@H]2C(=O)OC)=N1. The van der Waals surface area contributed by atoms with E-state index in [2.05, 4.69) is 14.5 Å². The van der Waals surface area contributed by atoms with Gasteiger partial charge in [-0.05, 0) is 12.8 Å². The van der Waals surface area contributed by atoms with Gasteiger partial charge >= 0.3 is 11.9 Å². The number of methoxy groups -OCH3 is 2. The molecule has 2 aliphatic rings. The van der Waals surface area contributed by atoms with E-state index in [0.717, 1.165) is 0 Å². The van der Waals surface area contributed by atoms with Gasteiger partial charge < -0.3 is 9.47 Å². The Balaban J connectivity index is 2.18. The quantitative estimate of drug-likeness (QED) is 0.652. The molecule has 2 aliphatic heterocycles. The molecule has 2 heterocycles. The maximum atomic E-state index is 11.9. The number of aliphatic imine (C=N–C) groups is 1. The summed E-state index contributed by atoms with van der Waals surface area (Å²) in [6.45, 7) is 0. The Morgan fingerprint density at radius 2 is 1.84 bits per heavy atom. The number of amides is 1. The van der Waals surface area contributed by atoms with Crippen LogP contribution in [0.15, 0.2) is 4.99 Å². The van der Waals surface area contributed by atoms with E-state index in [0.29, 0.717) is 31.5 Å². The third kappa shape index (κ3) is 2.45. The van der Waals surface area contributed by atoms with Crippen molar-refractivity contribution in [2.45, 2.75) is 37.8 Å². The van der Waals surface area contributed by atoms with Gasteiger partial charge in [-0.2, -0.15) is 0 Å². The molecular weight excluding hydrogens is 252 g/mol. The van der Waals surface area contributed by atoms with Crippen LogP contribution in [-0.4, -0.2) is 54.9 Å². The van der Waals surface area contributed by atoms with E-state index in [9.17, 15) is 14.4 Å². The van der Waals surface area contributed by atoms with Gasteiger partial charge in [0.25, 0.3) is 0 Å². The van der Waals surface area contributed by atoms with Crippen LogP contribution in [-0.2, 0) is 23.9 Å². The van der Waals surface area contributed by atoms with Crippen LogP contribution in [0.1, 0.15) is 25.7 Å². The van der Waals surface area contributed by atoms with Crippen molar-refractivity contribution in [2.24, 2.45) is 4.99 Å². The van der Waals surface area contributed by atoms with Gasteiger partial charge in [-0.3, -0.25) is 14.7 Å². The van der Waals surface area contributed by atoms with E-state index in [-0.39, 0.29) is 5.91 Å². The first kappa shape index (κ1) is 13.5. The van der Waals surface area contributed by atoms with E-state index in [1.165, 1.54) is 19.1 Å². The Morgan fingerprint density at radius 1 is 1.16 bits per heavy atom. The number of carbonyl (C=O) groups excluding carboxylic acids is 3. The van der Waals surface area contributed by atoms with Crippen LogP contribution >= 0.6 is 0 Å².